The SMILES string of the molecule is CC(Oc1ccccc1)C(C)(C)C. The lowest BCUT2D eigenvalue weighted by Gasteiger charge is -2.27. The van der Waals surface area contributed by atoms with Crippen LogP contribution in [0.25, 0.3) is 0 Å². The third kappa shape index (κ3) is 3.10. The summed E-state index contributed by atoms with van der Waals surface area (Å²) in [4.78, 5) is 0. The van der Waals surface area contributed by atoms with Gasteiger partial charge >= 0.3 is 0 Å². The summed E-state index contributed by atoms with van der Waals surface area (Å²) < 4.78 is 5.78. The van der Waals surface area contributed by atoms with Crippen LogP contribution in [-0.2, 0) is 0 Å². The highest BCUT2D eigenvalue weighted by Crippen LogP contribution is 2.23. The number of para-hydroxylation sites is 1. The molecule has 0 aliphatic rings. The van der Waals surface area contributed by atoms with Crippen molar-refractivity contribution in [2.45, 2.75) is 33.8 Å². The number of benzene rings is 1. The lowest BCUT2D eigenvalue weighted by molar-refractivity contribution is 0.103. The third-order valence-electron chi connectivity index (χ3n) is 2.28. The van der Waals surface area contributed by atoms with Crippen molar-refractivity contribution in [1.29, 1.82) is 0 Å². The van der Waals surface area contributed by atoms with Crippen LogP contribution in [0.5, 0.6) is 5.75 Å². The molecule has 1 nitrogen and oxygen atoms in total. The summed E-state index contributed by atoms with van der Waals surface area (Å²) in [5.41, 5.74) is 0.190. The van der Waals surface area contributed by atoms with Gasteiger partial charge in [0.15, 0.2) is 0 Å². The van der Waals surface area contributed by atoms with Gasteiger partial charge in [-0.05, 0) is 24.5 Å². The first kappa shape index (κ1) is 10.1. The fourth-order valence-corrected chi connectivity index (χ4v) is 0.880. The highest BCUT2D eigenvalue weighted by Gasteiger charge is 2.21. The predicted octanol–water partition coefficient (Wildman–Crippen LogP) is 3.50. The van der Waals surface area contributed by atoms with Gasteiger partial charge < -0.3 is 4.74 Å². The Hall–Kier alpha value is -0.980. The summed E-state index contributed by atoms with van der Waals surface area (Å²) >= 11 is 0. The first-order valence-corrected chi connectivity index (χ1v) is 4.72. The number of hydrogen-bond donors (Lipinski definition) is 0. The zero-order valence-corrected chi connectivity index (χ0v) is 8.87. The second-order valence-electron chi connectivity index (χ2n) is 4.44. The number of hydrogen-bond acceptors (Lipinski definition) is 1. The molecule has 0 bridgehead atoms. The van der Waals surface area contributed by atoms with Crippen LogP contribution in [0.4, 0.5) is 0 Å². The molecule has 0 heterocycles. The topological polar surface area (TPSA) is 9.23 Å². The van der Waals surface area contributed by atoms with Crippen LogP contribution in [0, 0.1) is 5.41 Å². The van der Waals surface area contributed by atoms with Gasteiger partial charge in [-0.25, -0.2) is 0 Å². The Morgan fingerprint density at radius 3 is 2.08 bits per heavy atom. The van der Waals surface area contributed by atoms with E-state index in [9.17, 15) is 0 Å². The monoisotopic (exact) mass is 178 g/mol. The quantitative estimate of drug-likeness (QED) is 0.673. The summed E-state index contributed by atoms with van der Waals surface area (Å²) in [5, 5.41) is 0. The lowest BCUT2D eigenvalue weighted by atomic mass is 9.90. The van der Waals surface area contributed by atoms with Gasteiger partial charge in [0, 0.05) is 0 Å². The van der Waals surface area contributed by atoms with E-state index in [4.69, 9.17) is 4.74 Å². The van der Waals surface area contributed by atoms with E-state index >= 15 is 0 Å². The van der Waals surface area contributed by atoms with Crippen LogP contribution in [0.15, 0.2) is 30.3 Å². The summed E-state index contributed by atoms with van der Waals surface area (Å²) in [5.74, 6) is 0.949. The van der Waals surface area contributed by atoms with Crippen LogP contribution >= 0.6 is 0 Å². The molecule has 0 spiro atoms. The minimum atomic E-state index is 0.190. The van der Waals surface area contributed by atoms with Gasteiger partial charge in [0.25, 0.3) is 0 Å². The molecule has 0 saturated heterocycles. The Morgan fingerprint density at radius 2 is 1.62 bits per heavy atom. The van der Waals surface area contributed by atoms with E-state index in [2.05, 4.69) is 27.7 Å². The highest BCUT2D eigenvalue weighted by atomic mass is 16.5. The summed E-state index contributed by atoms with van der Waals surface area (Å²) in [6.45, 7) is 8.65. The van der Waals surface area contributed by atoms with Crippen molar-refractivity contribution in [1.82, 2.24) is 0 Å². The molecule has 1 aromatic carbocycles. The smallest absolute Gasteiger partial charge is 0.119 e. The van der Waals surface area contributed by atoms with Gasteiger partial charge in [0.1, 0.15) is 11.9 Å². The molecule has 1 unspecified atom stereocenters. The summed E-state index contributed by atoms with van der Waals surface area (Å²) in [7, 11) is 0. The first-order valence-electron chi connectivity index (χ1n) is 4.72. The van der Waals surface area contributed by atoms with Crippen LogP contribution in [-0.4, -0.2) is 6.10 Å². The zero-order chi connectivity index (χ0) is 9.90. The molecular formula is C12H18O. The van der Waals surface area contributed by atoms with E-state index in [1.54, 1.807) is 0 Å². The van der Waals surface area contributed by atoms with Gasteiger partial charge in [-0.15, -0.1) is 0 Å². The van der Waals surface area contributed by atoms with Crippen molar-refractivity contribution < 1.29 is 4.74 Å². The highest BCUT2D eigenvalue weighted by molar-refractivity contribution is 5.21. The maximum absolute atomic E-state index is 5.78. The minimum absolute atomic E-state index is 0.190. The third-order valence-corrected chi connectivity index (χ3v) is 2.28. The second-order valence-corrected chi connectivity index (χ2v) is 4.44. The van der Waals surface area contributed by atoms with E-state index in [1.165, 1.54) is 0 Å². The van der Waals surface area contributed by atoms with Gasteiger partial charge in [-0.3, -0.25) is 0 Å². The maximum atomic E-state index is 5.78. The van der Waals surface area contributed by atoms with E-state index in [-0.39, 0.29) is 11.5 Å². The largest absolute Gasteiger partial charge is 0.490 e. The maximum Gasteiger partial charge on any atom is 0.119 e. The molecule has 0 saturated carbocycles. The molecule has 1 rings (SSSR count). The molecule has 1 atom stereocenters. The summed E-state index contributed by atoms with van der Waals surface area (Å²) in [6, 6.07) is 9.95. The van der Waals surface area contributed by atoms with Crippen molar-refractivity contribution >= 4 is 0 Å². The van der Waals surface area contributed by atoms with Crippen LogP contribution in [0.3, 0.4) is 0 Å². The van der Waals surface area contributed by atoms with Gasteiger partial charge in [0.05, 0.1) is 0 Å². The number of rotatable bonds is 2. The molecule has 0 N–H and O–H groups in total. The second kappa shape index (κ2) is 3.82. The molecular weight excluding hydrogens is 160 g/mol. The van der Waals surface area contributed by atoms with Crippen LogP contribution < -0.4 is 4.74 Å². The molecule has 0 fully saturated rings. The molecule has 72 valence electrons. The number of ether oxygens (including phenoxy) is 1. The average molecular weight is 178 g/mol. The molecule has 0 radical (unpaired) electrons. The molecule has 0 aliphatic carbocycles. The van der Waals surface area contributed by atoms with E-state index in [0.29, 0.717) is 0 Å². The zero-order valence-electron chi connectivity index (χ0n) is 8.87. The van der Waals surface area contributed by atoms with Crippen molar-refractivity contribution in [2.24, 2.45) is 5.41 Å². The Morgan fingerprint density at radius 1 is 1.08 bits per heavy atom. The Balaban J connectivity index is 2.61. The van der Waals surface area contributed by atoms with E-state index < -0.39 is 0 Å². The van der Waals surface area contributed by atoms with Gasteiger partial charge in [0.2, 0.25) is 0 Å². The molecule has 1 heteroatoms. The first-order chi connectivity index (χ1) is 6.00. The normalized spacial score (nSPS) is 13.8. The average Bonchev–Trinajstić information content (AvgIpc) is 2.04. The van der Waals surface area contributed by atoms with Crippen LogP contribution in [0.1, 0.15) is 27.7 Å². The van der Waals surface area contributed by atoms with Gasteiger partial charge in [-0.1, -0.05) is 39.0 Å². The standard InChI is InChI=1S/C12H18O/c1-10(12(2,3)4)13-11-8-6-5-7-9-11/h5-10H,1-4H3. The lowest BCUT2D eigenvalue weighted by Crippen LogP contribution is -2.28. The van der Waals surface area contributed by atoms with Crippen LogP contribution in [0.2, 0.25) is 0 Å². The minimum Gasteiger partial charge on any atom is -0.490 e. The molecule has 0 amide bonds. The van der Waals surface area contributed by atoms with Crippen molar-refractivity contribution in [3.05, 3.63) is 30.3 Å². The fraction of sp³-hybridized carbons (Fsp3) is 0.500. The molecule has 13 heavy (non-hydrogen) atoms. The Labute approximate surface area is 80.7 Å². The molecule has 0 aromatic heterocycles. The Kier molecular flexibility index (Phi) is 2.97. The van der Waals surface area contributed by atoms with Crippen molar-refractivity contribution in [2.75, 3.05) is 0 Å². The van der Waals surface area contributed by atoms with E-state index in [0.717, 1.165) is 5.75 Å². The predicted molar refractivity (Wildman–Crippen MR) is 56.0 cm³/mol. The van der Waals surface area contributed by atoms with Gasteiger partial charge in [-0.2, -0.15) is 0 Å². The molecule has 0 aliphatic heterocycles. The molecule has 1 aromatic rings. The van der Waals surface area contributed by atoms with Crippen molar-refractivity contribution in [3.63, 3.8) is 0 Å². The summed E-state index contributed by atoms with van der Waals surface area (Å²) in [6.07, 6.45) is 0.231. The van der Waals surface area contributed by atoms with E-state index in [1.807, 2.05) is 30.3 Å². The Bertz CT molecular complexity index is 246. The van der Waals surface area contributed by atoms with Crippen molar-refractivity contribution in [3.8, 4) is 5.75 Å². The fourth-order valence-electron chi connectivity index (χ4n) is 0.880.